The van der Waals surface area contributed by atoms with Crippen LogP contribution in [0.5, 0.6) is 0 Å². The van der Waals surface area contributed by atoms with Crippen molar-refractivity contribution >= 4 is 17.7 Å². The van der Waals surface area contributed by atoms with Crippen LogP contribution in [0.4, 0.5) is 8.78 Å². The number of nitrogens with one attached hydrogen (secondary N) is 6. The average Bonchev–Trinajstić information content (AvgIpc) is 0.700. The topological polar surface area (TPSA) is 123 Å². The first-order chi connectivity index (χ1) is 41.2. The number of carbonyl (C=O) groups excluding carboxylic acids is 3. The molecular formula is C75H104F2N6O3. The first kappa shape index (κ1) is 59.4. The Bertz CT molecular complexity index is 3050. The van der Waals surface area contributed by atoms with Crippen molar-refractivity contribution in [2.45, 2.75) is 259 Å². The van der Waals surface area contributed by atoms with Gasteiger partial charge >= 0.3 is 0 Å². The summed E-state index contributed by atoms with van der Waals surface area (Å²) in [5.41, 5.74) is 5.33. The quantitative estimate of drug-likeness (QED) is 0.0849. The molecule has 86 heavy (non-hydrogen) atoms. The van der Waals surface area contributed by atoms with Crippen LogP contribution >= 0.6 is 0 Å². The van der Waals surface area contributed by atoms with E-state index in [1.165, 1.54) is 47.1 Å². The predicted octanol–water partition coefficient (Wildman–Crippen LogP) is 13.1. The summed E-state index contributed by atoms with van der Waals surface area (Å²) in [7, 11) is 0. The largest absolute Gasteiger partial charge is 0.352 e. The average molecular weight is 1180 g/mol. The molecule has 16 rings (SSSR count). The number of fused-ring (bicyclic) bond motifs is 2. The molecule has 3 amide bonds. The summed E-state index contributed by atoms with van der Waals surface area (Å²) in [5.74, 6) is 0.795. The minimum absolute atomic E-state index is 0.00401. The molecular weight excluding hydrogens is 1070 g/mol. The third-order valence-electron chi connectivity index (χ3n) is 27.3. The fraction of sp³-hybridized carbons (Fsp3) is 0.720. The summed E-state index contributed by atoms with van der Waals surface area (Å²) < 4.78 is 30.7. The van der Waals surface area contributed by atoms with Gasteiger partial charge in [0.25, 0.3) is 0 Å². The zero-order valence-corrected chi connectivity index (χ0v) is 53.1. The fourth-order valence-corrected chi connectivity index (χ4v) is 24.2. The maximum Gasteiger partial charge on any atom is 0.226 e. The van der Waals surface area contributed by atoms with E-state index in [-0.39, 0.29) is 73.1 Å². The molecule has 12 unspecified atom stereocenters. The molecule has 466 valence electrons. The minimum Gasteiger partial charge on any atom is -0.352 e. The molecule has 10 aliphatic carbocycles. The van der Waals surface area contributed by atoms with E-state index < -0.39 is 35.3 Å². The predicted molar refractivity (Wildman–Crippen MR) is 338 cm³/mol. The first-order valence-corrected chi connectivity index (χ1v) is 34.8. The highest BCUT2D eigenvalue weighted by molar-refractivity contribution is 5.85. The number of halogens is 2. The zero-order chi connectivity index (χ0) is 59.6. The van der Waals surface area contributed by atoms with E-state index in [0.717, 1.165) is 148 Å². The van der Waals surface area contributed by atoms with Gasteiger partial charge in [0, 0.05) is 32.1 Å². The summed E-state index contributed by atoms with van der Waals surface area (Å²) in [5, 5.41) is 20.3. The van der Waals surface area contributed by atoms with Crippen LogP contribution in [0.1, 0.15) is 229 Å². The van der Waals surface area contributed by atoms with Crippen LogP contribution in [0, 0.1) is 38.4 Å². The third-order valence-corrected chi connectivity index (χ3v) is 27.3. The molecule has 0 radical (unpaired) electrons. The number of carbonyl (C=O) groups is 3. The van der Waals surface area contributed by atoms with Crippen LogP contribution in [0.15, 0.2) is 78.9 Å². The Labute approximate surface area is 513 Å². The van der Waals surface area contributed by atoms with Crippen molar-refractivity contribution in [1.29, 1.82) is 0 Å². The van der Waals surface area contributed by atoms with E-state index in [4.69, 9.17) is 0 Å². The van der Waals surface area contributed by atoms with Crippen LogP contribution in [-0.2, 0) is 41.5 Å². The Morgan fingerprint density at radius 1 is 0.488 bits per heavy atom. The van der Waals surface area contributed by atoms with E-state index in [9.17, 15) is 9.18 Å². The second-order valence-electron chi connectivity index (χ2n) is 33.3. The van der Waals surface area contributed by atoms with Crippen molar-refractivity contribution in [3.05, 3.63) is 107 Å². The molecule has 3 saturated heterocycles. The highest BCUT2D eigenvalue weighted by Crippen LogP contribution is 2.77. The van der Waals surface area contributed by atoms with Gasteiger partial charge in [0.05, 0.1) is 22.9 Å². The molecule has 9 nitrogen and oxygen atoms in total. The number of piperidine rings is 3. The molecule has 3 aromatic carbocycles. The van der Waals surface area contributed by atoms with Crippen molar-refractivity contribution in [2.24, 2.45) is 38.4 Å². The summed E-state index contributed by atoms with van der Waals surface area (Å²) in [6, 6.07) is 30.6. The van der Waals surface area contributed by atoms with Crippen LogP contribution < -0.4 is 31.9 Å². The second-order valence-corrected chi connectivity index (χ2v) is 33.3. The van der Waals surface area contributed by atoms with Crippen molar-refractivity contribution < 1.29 is 23.2 Å². The smallest absolute Gasteiger partial charge is 0.226 e. The van der Waals surface area contributed by atoms with Gasteiger partial charge in [-0.3, -0.25) is 14.4 Å². The molecule has 3 heterocycles. The Morgan fingerprint density at radius 2 is 0.942 bits per heavy atom. The maximum atomic E-state index is 15.9. The Morgan fingerprint density at radius 3 is 1.43 bits per heavy atom. The molecule has 3 aliphatic heterocycles. The van der Waals surface area contributed by atoms with Crippen molar-refractivity contribution in [3.63, 3.8) is 0 Å². The van der Waals surface area contributed by atoms with Crippen LogP contribution in [0.25, 0.3) is 0 Å². The van der Waals surface area contributed by atoms with Gasteiger partial charge in [0.1, 0.15) is 12.3 Å². The van der Waals surface area contributed by atoms with Gasteiger partial charge in [-0.1, -0.05) is 139 Å². The maximum absolute atomic E-state index is 15.9. The third kappa shape index (κ3) is 9.90. The number of hydrogen-bond donors (Lipinski definition) is 6. The van der Waals surface area contributed by atoms with E-state index in [1.54, 1.807) is 0 Å². The lowest BCUT2D eigenvalue weighted by Crippen LogP contribution is -2.68. The Kier molecular flexibility index (Phi) is 14.8. The van der Waals surface area contributed by atoms with Gasteiger partial charge in [-0.2, -0.15) is 0 Å². The Hall–Kier alpha value is -4.19. The molecule has 0 aromatic heterocycles. The zero-order valence-electron chi connectivity index (χ0n) is 53.1. The van der Waals surface area contributed by atoms with Crippen molar-refractivity contribution in [3.8, 4) is 0 Å². The number of hydrogen-bond acceptors (Lipinski definition) is 6. The lowest BCUT2D eigenvalue weighted by Gasteiger charge is -2.71. The molecule has 0 spiro atoms. The molecule has 10 saturated carbocycles. The molecule has 13 fully saturated rings. The van der Waals surface area contributed by atoms with Crippen LogP contribution in [0.2, 0.25) is 0 Å². The standard InChI is InChI=1S/C75H104F2N6O3/c1-6-66-28-12-29-69(37-66,34-51(33-66)15-24-62(84)81-59-25-30-78-35-57(59)76)53-16-18-54(19-17-53)72-40-68(8-3)41-73(45-72,48-74(42-68,47-72)63(85)82-60-26-31-79-36-58(60)77)56-22-20-55(21-23-56)71-39-67(7-2)38-70(44-71,52-13-10-9-11-14-52)46-75(43-67,49-71)64(86)83-61-27-32-80-50-65(61,4)5/h9-11,13-14,16-23,51,57-61,78-80H,6-8,12,15,24-50H2,1-5H3,(H,81,84)(H,82,85)(H,83,86)/t51?,57-,58+,59-,60+,61?,66?,67?,68?,69?,70?,71?,72?,73?,74?,75?/m1/s1. The summed E-state index contributed by atoms with van der Waals surface area (Å²) in [6.07, 6.45) is 23.1. The van der Waals surface area contributed by atoms with E-state index in [0.29, 0.717) is 44.2 Å². The first-order valence-electron chi connectivity index (χ1n) is 34.8. The summed E-state index contributed by atoms with van der Waals surface area (Å²) >= 11 is 0. The molecule has 16 atom stereocenters. The second kappa shape index (κ2) is 21.5. The summed E-state index contributed by atoms with van der Waals surface area (Å²) in [4.78, 5) is 44.7. The van der Waals surface area contributed by atoms with Gasteiger partial charge in [0.2, 0.25) is 17.7 Å². The van der Waals surface area contributed by atoms with Gasteiger partial charge < -0.3 is 31.9 Å². The number of alkyl halides is 2. The Balaban J connectivity index is 0.805. The highest BCUT2D eigenvalue weighted by Gasteiger charge is 2.72. The highest BCUT2D eigenvalue weighted by atomic mass is 19.1. The van der Waals surface area contributed by atoms with Crippen LogP contribution in [-0.4, -0.2) is 87.5 Å². The fourth-order valence-electron chi connectivity index (χ4n) is 24.2. The normalized spacial score (nSPS) is 43.5. The number of benzene rings is 3. The molecule has 11 heteroatoms. The van der Waals surface area contributed by atoms with Crippen molar-refractivity contribution in [2.75, 3.05) is 39.3 Å². The minimum atomic E-state index is -1.12. The number of amides is 3. The lowest BCUT2D eigenvalue weighted by atomic mass is 9.32. The van der Waals surface area contributed by atoms with Crippen LogP contribution in [0.3, 0.4) is 0 Å². The number of rotatable bonds is 16. The molecule has 10 bridgehead atoms. The molecule has 3 aromatic rings. The molecule has 6 N–H and O–H groups in total. The SMILES string of the molecule is CCC12CCCC(c3ccc(C45CC6(CC)CC(C(=O)N[C@H]7CCNC[C@@H]7F)(C4)CC(c4ccc(C78CC9(CC)CC(C(=O)NC%10CCNCC%10(C)C)(CC(c%10ccccc%10)(C9)C7)C8)cc4)(C6)C5)cc3)(CC(CCC(=O)N[C@@H]3CCNC[C@H]3F)C1)C2. The van der Waals surface area contributed by atoms with E-state index >= 15 is 14.0 Å². The van der Waals surface area contributed by atoms with Gasteiger partial charge in [-0.25, -0.2) is 8.78 Å². The lowest BCUT2D eigenvalue weighted by molar-refractivity contribution is -0.171. The van der Waals surface area contributed by atoms with E-state index in [2.05, 4.69) is 145 Å². The molecule has 13 aliphatic rings. The summed E-state index contributed by atoms with van der Waals surface area (Å²) in [6.45, 7) is 15.6. The van der Waals surface area contributed by atoms with Crippen molar-refractivity contribution in [1.82, 2.24) is 31.9 Å². The van der Waals surface area contributed by atoms with E-state index in [1.807, 2.05) is 0 Å². The monoisotopic (exact) mass is 1170 g/mol. The van der Waals surface area contributed by atoms with Gasteiger partial charge in [0.15, 0.2) is 0 Å². The van der Waals surface area contributed by atoms with Gasteiger partial charge in [-0.15, -0.1) is 0 Å². The van der Waals surface area contributed by atoms with Gasteiger partial charge in [-0.05, 0) is 237 Å².